The lowest BCUT2D eigenvalue weighted by molar-refractivity contribution is -0.601. The molecule has 1 heterocycles. The fraction of sp³-hybridized carbons (Fsp3) is 0.211. The summed E-state index contributed by atoms with van der Waals surface area (Å²) in [6.45, 7) is 3.86. The van der Waals surface area contributed by atoms with Crippen molar-refractivity contribution in [3.63, 3.8) is 0 Å². The highest BCUT2D eigenvalue weighted by molar-refractivity contribution is 5.98. The van der Waals surface area contributed by atoms with Gasteiger partial charge in [-0.25, -0.2) is 0 Å². The van der Waals surface area contributed by atoms with Gasteiger partial charge in [-0.15, -0.1) is 10.1 Å². The molecule has 122 valence electrons. The van der Waals surface area contributed by atoms with Gasteiger partial charge in [0.1, 0.15) is 0 Å². The van der Waals surface area contributed by atoms with Gasteiger partial charge in [-0.05, 0) is 12.1 Å². The number of hydrazone groups is 1. The van der Waals surface area contributed by atoms with Gasteiger partial charge in [-0.3, -0.25) is 9.59 Å². The summed E-state index contributed by atoms with van der Waals surface area (Å²) in [6, 6.07) is 17.7. The van der Waals surface area contributed by atoms with E-state index in [0.29, 0.717) is 5.56 Å². The largest absolute Gasteiger partial charge is 0.334 e. The normalized spacial score (nSPS) is 19.8. The molecule has 1 fully saturated rings. The second-order valence-electron chi connectivity index (χ2n) is 5.97. The number of benzene rings is 2. The zero-order valence-electron chi connectivity index (χ0n) is 13.7. The Labute approximate surface area is 141 Å². The van der Waals surface area contributed by atoms with E-state index in [9.17, 15) is 9.59 Å². The highest BCUT2D eigenvalue weighted by atomic mass is 16.2. The molecule has 5 nitrogen and oxygen atoms in total. The van der Waals surface area contributed by atoms with E-state index in [2.05, 4.69) is 10.7 Å². The number of nitrogens with one attached hydrogen (secondary N) is 2. The van der Waals surface area contributed by atoms with Gasteiger partial charge in [0.2, 0.25) is 6.04 Å². The predicted molar refractivity (Wildman–Crippen MR) is 91.6 cm³/mol. The molecule has 24 heavy (non-hydrogen) atoms. The third kappa shape index (κ3) is 3.06. The van der Waals surface area contributed by atoms with Gasteiger partial charge in [0.05, 0.1) is 0 Å². The monoisotopic (exact) mass is 322 g/mol. The summed E-state index contributed by atoms with van der Waals surface area (Å²) in [6.07, 6.45) is 0. The average molecular weight is 322 g/mol. The summed E-state index contributed by atoms with van der Waals surface area (Å²) < 4.78 is 1.81. The summed E-state index contributed by atoms with van der Waals surface area (Å²) in [5.74, 6) is -0.471. The van der Waals surface area contributed by atoms with Crippen LogP contribution in [0, 0.1) is 0 Å². The van der Waals surface area contributed by atoms with Crippen molar-refractivity contribution in [1.82, 2.24) is 10.7 Å². The lowest BCUT2D eigenvalue weighted by Crippen LogP contribution is -2.42. The Kier molecular flexibility index (Phi) is 4.42. The van der Waals surface area contributed by atoms with Crippen molar-refractivity contribution in [3.8, 4) is 0 Å². The van der Waals surface area contributed by atoms with Gasteiger partial charge >= 0.3 is 5.91 Å². The Hall–Kier alpha value is -2.95. The van der Waals surface area contributed by atoms with Crippen LogP contribution < -0.4 is 10.7 Å². The number of carbonyl (C=O) groups excluding carboxylic acids is 2. The fourth-order valence-electron chi connectivity index (χ4n) is 2.89. The molecule has 2 aromatic carbocycles. The molecule has 1 aliphatic rings. The first-order chi connectivity index (χ1) is 11.6. The smallest absolute Gasteiger partial charge is 0.304 e. The van der Waals surface area contributed by atoms with Crippen LogP contribution >= 0.6 is 0 Å². The average Bonchev–Trinajstić information content (AvgIpc) is 2.93. The van der Waals surface area contributed by atoms with Crippen molar-refractivity contribution in [2.24, 2.45) is 0 Å². The highest BCUT2D eigenvalue weighted by Gasteiger charge is 2.48. The lowest BCUT2D eigenvalue weighted by Gasteiger charge is -2.15. The van der Waals surface area contributed by atoms with Gasteiger partial charge in [0.15, 0.2) is 11.8 Å². The summed E-state index contributed by atoms with van der Waals surface area (Å²) in [7, 11) is 0. The number of hydrazine groups is 1. The van der Waals surface area contributed by atoms with Crippen LogP contribution in [0.1, 0.15) is 35.8 Å². The highest BCUT2D eigenvalue weighted by Crippen LogP contribution is 2.25. The summed E-state index contributed by atoms with van der Waals surface area (Å²) >= 11 is 0. The van der Waals surface area contributed by atoms with Crippen LogP contribution in [0.5, 0.6) is 0 Å². The Morgan fingerprint density at radius 2 is 1.58 bits per heavy atom. The molecular formula is C19H20N3O2+. The molecule has 2 amide bonds. The fourth-order valence-corrected chi connectivity index (χ4v) is 2.89. The van der Waals surface area contributed by atoms with Gasteiger partial charge in [0, 0.05) is 25.0 Å². The van der Waals surface area contributed by atoms with E-state index in [0.717, 1.165) is 11.3 Å². The SMILES string of the molecule is CC(C)=[N+]1NC(=O)[C@@H](NC(=O)c2ccccc2)[C@@H]1c1ccccc1. The molecule has 0 radical (unpaired) electrons. The maximum atomic E-state index is 12.5. The second kappa shape index (κ2) is 6.66. The van der Waals surface area contributed by atoms with Crippen molar-refractivity contribution >= 4 is 17.5 Å². The molecule has 3 rings (SSSR count). The molecule has 0 saturated carbocycles. The summed E-state index contributed by atoms with van der Waals surface area (Å²) in [4.78, 5) is 24.9. The van der Waals surface area contributed by atoms with Crippen LogP contribution in [0.25, 0.3) is 0 Å². The van der Waals surface area contributed by atoms with Crippen LogP contribution in [0.4, 0.5) is 0 Å². The first-order valence-electron chi connectivity index (χ1n) is 7.88. The van der Waals surface area contributed by atoms with Crippen molar-refractivity contribution in [2.45, 2.75) is 25.9 Å². The van der Waals surface area contributed by atoms with E-state index in [1.165, 1.54) is 0 Å². The molecule has 2 N–H and O–H groups in total. The van der Waals surface area contributed by atoms with Gasteiger partial charge in [-0.1, -0.05) is 48.5 Å². The first-order valence-corrected chi connectivity index (χ1v) is 7.88. The summed E-state index contributed by atoms with van der Waals surface area (Å²) in [5.41, 5.74) is 5.31. The maximum absolute atomic E-state index is 12.5. The van der Waals surface area contributed by atoms with E-state index in [4.69, 9.17) is 0 Å². The van der Waals surface area contributed by atoms with Crippen LogP contribution in [0.2, 0.25) is 0 Å². The molecule has 2 atom stereocenters. The maximum Gasteiger partial charge on any atom is 0.304 e. The Balaban J connectivity index is 1.94. The molecule has 1 saturated heterocycles. The number of nitrogens with zero attached hydrogens (tertiary/aromatic N) is 1. The quantitative estimate of drug-likeness (QED) is 0.850. The minimum Gasteiger partial charge on any atom is -0.334 e. The third-order valence-electron chi connectivity index (χ3n) is 4.05. The first kappa shape index (κ1) is 15.9. The molecule has 5 heteroatoms. The van der Waals surface area contributed by atoms with Crippen LogP contribution in [0.3, 0.4) is 0 Å². The second-order valence-corrected chi connectivity index (χ2v) is 5.97. The summed E-state index contributed by atoms with van der Waals surface area (Å²) in [5, 5.41) is 2.87. The molecule has 0 unspecified atom stereocenters. The molecule has 0 aliphatic carbocycles. The van der Waals surface area contributed by atoms with Gasteiger partial charge in [0.25, 0.3) is 5.91 Å². The lowest BCUT2D eigenvalue weighted by atomic mass is 9.99. The molecule has 2 aromatic rings. The number of hydrogen-bond donors (Lipinski definition) is 2. The topological polar surface area (TPSA) is 61.2 Å². The van der Waals surface area contributed by atoms with E-state index < -0.39 is 6.04 Å². The van der Waals surface area contributed by atoms with Crippen molar-refractivity contribution in [3.05, 3.63) is 71.8 Å². The number of amides is 2. The van der Waals surface area contributed by atoms with Crippen LogP contribution in [-0.4, -0.2) is 28.3 Å². The molecule has 0 aromatic heterocycles. The number of hydrogen-bond acceptors (Lipinski definition) is 2. The molecule has 0 bridgehead atoms. The van der Waals surface area contributed by atoms with Crippen LogP contribution in [0.15, 0.2) is 60.7 Å². The number of carbonyl (C=O) groups is 2. The van der Waals surface area contributed by atoms with E-state index >= 15 is 0 Å². The van der Waals surface area contributed by atoms with Gasteiger partial charge in [-0.2, -0.15) is 0 Å². The van der Waals surface area contributed by atoms with Crippen molar-refractivity contribution in [1.29, 1.82) is 0 Å². The minimum atomic E-state index is -0.657. The number of rotatable bonds is 3. The Morgan fingerprint density at radius 1 is 1.00 bits per heavy atom. The van der Waals surface area contributed by atoms with E-state index in [-0.39, 0.29) is 17.9 Å². The third-order valence-corrected chi connectivity index (χ3v) is 4.05. The predicted octanol–water partition coefficient (Wildman–Crippen LogP) is 2.06. The van der Waals surface area contributed by atoms with Gasteiger partial charge < -0.3 is 5.32 Å². The molecule has 0 spiro atoms. The van der Waals surface area contributed by atoms with Crippen LogP contribution in [-0.2, 0) is 4.79 Å². The molecular weight excluding hydrogens is 302 g/mol. The standard InChI is InChI=1S/C19H19N3O2/c1-13(2)22-17(14-9-5-3-6-10-14)16(19(24)21-22)20-18(23)15-11-7-4-8-12-15/h3-12,16-17H,1-2H3,(H-,20,21,23,24)/p+1/t16-,17-/m0/s1. The zero-order valence-corrected chi connectivity index (χ0v) is 13.7. The molecule has 1 aliphatic heterocycles. The van der Waals surface area contributed by atoms with Crippen molar-refractivity contribution < 1.29 is 14.3 Å². The Morgan fingerprint density at radius 3 is 2.17 bits per heavy atom. The van der Waals surface area contributed by atoms with E-state index in [1.54, 1.807) is 24.3 Å². The minimum absolute atomic E-state index is 0.214. The van der Waals surface area contributed by atoms with E-state index in [1.807, 2.05) is 54.9 Å². The zero-order chi connectivity index (χ0) is 17.1. The van der Waals surface area contributed by atoms with Crippen molar-refractivity contribution in [2.75, 3.05) is 0 Å². The Bertz CT molecular complexity index is 781.